The maximum Gasteiger partial charge on any atom is 0.224 e. The van der Waals surface area contributed by atoms with Gasteiger partial charge in [-0.25, -0.2) is 18.4 Å². The smallest absolute Gasteiger partial charge is 0.224 e. The second kappa shape index (κ2) is 5.09. The third-order valence-corrected chi connectivity index (χ3v) is 5.13. The summed E-state index contributed by atoms with van der Waals surface area (Å²) in [5, 5.41) is 3.78. The van der Waals surface area contributed by atoms with Crippen LogP contribution in [0.4, 0.5) is 0 Å². The lowest BCUT2D eigenvalue weighted by Gasteiger charge is -2.02. The number of aromatic nitrogens is 2. The number of sulfone groups is 1. The van der Waals surface area contributed by atoms with Gasteiger partial charge in [-0.1, -0.05) is 0 Å². The van der Waals surface area contributed by atoms with E-state index < -0.39 is 9.84 Å². The Bertz CT molecular complexity index is 639. The van der Waals surface area contributed by atoms with Crippen molar-refractivity contribution in [2.75, 3.05) is 17.8 Å². The number of halogens is 1. The predicted octanol–water partition coefficient (Wildman–Crippen LogP) is 2.48. The number of thiophene rings is 1. The van der Waals surface area contributed by atoms with Crippen LogP contribution in [-0.4, -0.2) is 36.1 Å². The van der Waals surface area contributed by atoms with Crippen molar-refractivity contribution in [2.45, 2.75) is 5.03 Å². The van der Waals surface area contributed by atoms with Crippen LogP contribution in [0, 0.1) is 0 Å². The lowest BCUT2D eigenvalue weighted by Crippen LogP contribution is -2.05. The molecule has 0 spiro atoms. The van der Waals surface area contributed by atoms with Crippen molar-refractivity contribution >= 4 is 54.8 Å². The highest BCUT2D eigenvalue weighted by molar-refractivity contribution is 8.00. The number of thioether (sulfide) groups is 1. The monoisotopic (exact) mass is 308 g/mol. The second-order valence-electron chi connectivity index (χ2n) is 3.42. The van der Waals surface area contributed by atoms with E-state index in [0.29, 0.717) is 5.75 Å². The molecule has 0 unspecified atom stereocenters. The van der Waals surface area contributed by atoms with E-state index in [2.05, 4.69) is 9.97 Å². The van der Waals surface area contributed by atoms with Gasteiger partial charge in [0.05, 0.1) is 5.75 Å². The molecule has 0 radical (unpaired) electrons. The Morgan fingerprint density at radius 2 is 2.24 bits per heavy atom. The SMILES string of the molecule is CS(=O)(=O)CCSc1nc(Cl)nc2sccc12. The molecule has 0 atom stereocenters. The third-order valence-electron chi connectivity index (χ3n) is 1.96. The first-order chi connectivity index (χ1) is 7.96. The molecule has 92 valence electrons. The van der Waals surface area contributed by atoms with Crippen LogP contribution in [-0.2, 0) is 9.84 Å². The summed E-state index contributed by atoms with van der Waals surface area (Å²) in [6.07, 6.45) is 1.22. The molecule has 0 saturated carbocycles. The van der Waals surface area contributed by atoms with Crippen molar-refractivity contribution in [1.29, 1.82) is 0 Å². The van der Waals surface area contributed by atoms with Gasteiger partial charge in [-0.05, 0) is 23.0 Å². The Hall–Kier alpha value is -0.370. The molecule has 4 nitrogen and oxygen atoms in total. The summed E-state index contributed by atoms with van der Waals surface area (Å²) >= 11 is 8.68. The average molecular weight is 309 g/mol. The van der Waals surface area contributed by atoms with E-state index in [1.165, 1.54) is 29.4 Å². The first-order valence-corrected chi connectivity index (χ1v) is 8.97. The summed E-state index contributed by atoms with van der Waals surface area (Å²) in [5.74, 6) is 0.599. The maximum atomic E-state index is 11.0. The van der Waals surface area contributed by atoms with Gasteiger partial charge in [0.25, 0.3) is 0 Å². The summed E-state index contributed by atoms with van der Waals surface area (Å²) in [7, 11) is -2.94. The highest BCUT2D eigenvalue weighted by Gasteiger charge is 2.09. The van der Waals surface area contributed by atoms with Gasteiger partial charge in [-0.2, -0.15) is 0 Å². The minimum Gasteiger partial charge on any atom is -0.229 e. The van der Waals surface area contributed by atoms with E-state index >= 15 is 0 Å². The molecule has 8 heteroatoms. The lowest BCUT2D eigenvalue weighted by molar-refractivity contribution is 0.603. The Morgan fingerprint density at radius 3 is 2.94 bits per heavy atom. The molecule has 2 rings (SSSR count). The van der Waals surface area contributed by atoms with Gasteiger partial charge < -0.3 is 0 Å². The van der Waals surface area contributed by atoms with Crippen molar-refractivity contribution in [3.05, 3.63) is 16.7 Å². The zero-order chi connectivity index (χ0) is 12.5. The number of rotatable bonds is 4. The van der Waals surface area contributed by atoms with Crippen molar-refractivity contribution in [2.24, 2.45) is 0 Å². The standard InChI is InChI=1S/C9H9ClN2O2S3/c1-17(13,14)5-4-16-8-6-2-3-15-7(6)11-9(10)12-8/h2-3H,4-5H2,1H3. The van der Waals surface area contributed by atoms with E-state index in [9.17, 15) is 8.42 Å². The molecule has 0 bridgehead atoms. The molecule has 0 aromatic carbocycles. The number of nitrogens with zero attached hydrogens (tertiary/aromatic N) is 2. The van der Waals surface area contributed by atoms with Crippen LogP contribution < -0.4 is 0 Å². The fourth-order valence-electron chi connectivity index (χ4n) is 1.20. The Balaban J connectivity index is 2.20. The minimum atomic E-state index is -2.94. The van der Waals surface area contributed by atoms with E-state index in [0.717, 1.165) is 15.2 Å². The maximum absolute atomic E-state index is 11.0. The third kappa shape index (κ3) is 3.54. The normalized spacial score (nSPS) is 12.1. The fourth-order valence-corrected chi connectivity index (χ4v) is 4.51. The molecule has 0 fully saturated rings. The van der Waals surface area contributed by atoms with Crippen molar-refractivity contribution in [1.82, 2.24) is 9.97 Å². The largest absolute Gasteiger partial charge is 0.229 e. The van der Waals surface area contributed by atoms with E-state index in [1.54, 1.807) is 0 Å². The molecule has 17 heavy (non-hydrogen) atoms. The molecule has 0 saturated heterocycles. The quantitative estimate of drug-likeness (QED) is 0.493. The molecule has 0 amide bonds. The van der Waals surface area contributed by atoms with Crippen LogP contribution in [0.15, 0.2) is 16.5 Å². The lowest BCUT2D eigenvalue weighted by atomic mass is 10.4. The van der Waals surface area contributed by atoms with E-state index in [-0.39, 0.29) is 11.0 Å². The predicted molar refractivity (Wildman–Crippen MR) is 72.9 cm³/mol. The zero-order valence-corrected chi connectivity index (χ0v) is 12.1. The van der Waals surface area contributed by atoms with E-state index in [4.69, 9.17) is 11.6 Å². The van der Waals surface area contributed by atoms with Crippen LogP contribution in [0.25, 0.3) is 10.2 Å². The molecular formula is C9H9ClN2O2S3. The molecule has 2 aromatic rings. The molecule has 2 heterocycles. The zero-order valence-electron chi connectivity index (χ0n) is 8.88. The topological polar surface area (TPSA) is 59.9 Å². The molecule has 0 aliphatic heterocycles. The van der Waals surface area contributed by atoms with E-state index in [1.807, 2.05) is 11.4 Å². The molecule has 2 aromatic heterocycles. The van der Waals surface area contributed by atoms with Gasteiger partial charge in [0, 0.05) is 17.4 Å². The van der Waals surface area contributed by atoms with Crippen molar-refractivity contribution in [3.8, 4) is 0 Å². The highest BCUT2D eigenvalue weighted by atomic mass is 35.5. The first-order valence-electron chi connectivity index (χ1n) is 4.67. The average Bonchev–Trinajstić information content (AvgIpc) is 2.63. The minimum absolute atomic E-state index is 0.130. The summed E-state index contributed by atoms with van der Waals surface area (Å²) in [6.45, 7) is 0. The molecule has 0 aliphatic rings. The van der Waals surface area contributed by atoms with Gasteiger partial charge in [0.1, 0.15) is 19.7 Å². The fraction of sp³-hybridized carbons (Fsp3) is 0.333. The van der Waals surface area contributed by atoms with Gasteiger partial charge in [0.15, 0.2) is 0 Å². The Morgan fingerprint density at radius 1 is 1.47 bits per heavy atom. The van der Waals surface area contributed by atoms with Crippen LogP contribution in [0.2, 0.25) is 5.28 Å². The number of fused-ring (bicyclic) bond motifs is 1. The summed E-state index contributed by atoms with van der Waals surface area (Å²) in [6, 6.07) is 1.92. The Labute approximate surface area is 112 Å². The number of hydrogen-bond donors (Lipinski definition) is 0. The first kappa shape index (κ1) is 13.1. The van der Waals surface area contributed by atoms with Crippen LogP contribution >= 0.6 is 34.7 Å². The van der Waals surface area contributed by atoms with Crippen molar-refractivity contribution < 1.29 is 8.42 Å². The number of hydrogen-bond acceptors (Lipinski definition) is 6. The molecular weight excluding hydrogens is 300 g/mol. The second-order valence-corrected chi connectivity index (χ2v) is 7.99. The van der Waals surface area contributed by atoms with Crippen LogP contribution in [0.3, 0.4) is 0 Å². The Kier molecular flexibility index (Phi) is 3.92. The van der Waals surface area contributed by atoms with Gasteiger partial charge in [0.2, 0.25) is 5.28 Å². The highest BCUT2D eigenvalue weighted by Crippen LogP contribution is 2.29. The van der Waals surface area contributed by atoms with Gasteiger partial charge >= 0.3 is 0 Å². The van der Waals surface area contributed by atoms with Crippen LogP contribution in [0.1, 0.15) is 0 Å². The van der Waals surface area contributed by atoms with Crippen molar-refractivity contribution in [3.63, 3.8) is 0 Å². The van der Waals surface area contributed by atoms with Crippen LogP contribution in [0.5, 0.6) is 0 Å². The molecule has 0 aliphatic carbocycles. The summed E-state index contributed by atoms with van der Waals surface area (Å²) in [4.78, 5) is 9.04. The van der Waals surface area contributed by atoms with Gasteiger partial charge in [-0.15, -0.1) is 23.1 Å². The summed E-state index contributed by atoms with van der Waals surface area (Å²) in [5.41, 5.74) is 0. The van der Waals surface area contributed by atoms with Gasteiger partial charge in [-0.3, -0.25) is 0 Å². The summed E-state index contributed by atoms with van der Waals surface area (Å²) < 4.78 is 22.1. The molecule has 0 N–H and O–H groups in total.